The van der Waals surface area contributed by atoms with E-state index in [1.807, 2.05) is 12.1 Å². The Bertz CT molecular complexity index is 920. The van der Waals surface area contributed by atoms with Crippen LogP contribution in [0.4, 0.5) is 0 Å². The van der Waals surface area contributed by atoms with E-state index in [0.717, 1.165) is 12.8 Å². The van der Waals surface area contributed by atoms with Crippen molar-refractivity contribution >= 4 is 10.0 Å². The first-order valence-corrected chi connectivity index (χ1v) is 12.4. The third kappa shape index (κ3) is 7.54. The van der Waals surface area contributed by atoms with Gasteiger partial charge in [0.15, 0.2) is 0 Å². The molecule has 0 spiro atoms. The number of fused-ring (bicyclic) bond motifs is 1. The van der Waals surface area contributed by atoms with Crippen molar-refractivity contribution in [2.75, 3.05) is 52.7 Å². The number of rotatable bonds is 15. The quantitative estimate of drug-likeness (QED) is 0.388. The Morgan fingerprint density at radius 2 is 1.53 bits per heavy atom. The molecule has 3 N–H and O–H groups in total. The number of hydrogen-bond donors (Lipinski definition) is 2. The molecule has 1 aliphatic rings. The van der Waals surface area contributed by atoms with Crippen LogP contribution in [-0.2, 0) is 30.7 Å². The third-order valence-corrected chi connectivity index (χ3v) is 6.51. The molecule has 32 heavy (non-hydrogen) atoms. The van der Waals surface area contributed by atoms with Crippen molar-refractivity contribution in [3.8, 4) is 5.75 Å². The summed E-state index contributed by atoms with van der Waals surface area (Å²) < 4.78 is 49.4. The Balaban J connectivity index is 1.34. The van der Waals surface area contributed by atoms with Gasteiger partial charge in [0, 0.05) is 13.1 Å². The lowest BCUT2D eigenvalue weighted by Crippen LogP contribution is -2.27. The van der Waals surface area contributed by atoms with Crippen molar-refractivity contribution in [1.82, 2.24) is 4.72 Å². The largest absolute Gasteiger partial charge is 0.486 e. The lowest BCUT2D eigenvalue weighted by atomic mass is 10.1. The van der Waals surface area contributed by atoms with Gasteiger partial charge in [-0.3, -0.25) is 0 Å². The number of sulfonamides is 1. The molecule has 9 heteroatoms. The fourth-order valence-electron chi connectivity index (χ4n) is 3.46. The molecule has 3 rings (SSSR count). The van der Waals surface area contributed by atoms with E-state index < -0.39 is 10.0 Å². The Hall–Kier alpha value is -2.01. The van der Waals surface area contributed by atoms with Crippen molar-refractivity contribution in [3.05, 3.63) is 59.7 Å². The van der Waals surface area contributed by atoms with Crippen LogP contribution in [0.15, 0.2) is 53.4 Å². The second-order valence-corrected chi connectivity index (χ2v) is 9.11. The second kappa shape index (κ2) is 12.9. The van der Waals surface area contributed by atoms with Gasteiger partial charge in [-0.1, -0.05) is 24.3 Å². The lowest BCUT2D eigenvalue weighted by molar-refractivity contribution is 0.0171. The molecule has 0 saturated heterocycles. The maximum Gasteiger partial charge on any atom is 0.240 e. The monoisotopic (exact) mass is 464 g/mol. The highest BCUT2D eigenvalue weighted by atomic mass is 32.2. The Morgan fingerprint density at radius 1 is 0.875 bits per heavy atom. The van der Waals surface area contributed by atoms with E-state index in [1.54, 1.807) is 24.3 Å². The summed E-state index contributed by atoms with van der Waals surface area (Å²) in [6.45, 7) is 3.23. The molecule has 0 fully saturated rings. The van der Waals surface area contributed by atoms with Crippen LogP contribution in [0.5, 0.6) is 5.75 Å². The fourth-order valence-corrected chi connectivity index (χ4v) is 4.47. The van der Waals surface area contributed by atoms with Gasteiger partial charge in [-0.05, 0) is 48.2 Å². The van der Waals surface area contributed by atoms with Crippen molar-refractivity contribution in [1.29, 1.82) is 0 Å². The van der Waals surface area contributed by atoms with Gasteiger partial charge in [-0.25, -0.2) is 13.1 Å². The highest BCUT2D eigenvalue weighted by Gasteiger charge is 2.23. The predicted molar refractivity (Wildman–Crippen MR) is 121 cm³/mol. The number of aryl methyl sites for hydroxylation is 1. The molecule has 0 heterocycles. The molecule has 0 amide bonds. The second-order valence-electron chi connectivity index (χ2n) is 7.34. The zero-order valence-corrected chi connectivity index (χ0v) is 19.0. The van der Waals surface area contributed by atoms with E-state index in [-0.39, 0.29) is 24.2 Å². The first-order chi connectivity index (χ1) is 15.6. The minimum absolute atomic E-state index is 0.00590. The van der Waals surface area contributed by atoms with Gasteiger partial charge in [-0.15, -0.1) is 0 Å². The van der Waals surface area contributed by atoms with Gasteiger partial charge < -0.3 is 24.7 Å². The average Bonchev–Trinajstić information content (AvgIpc) is 3.21. The summed E-state index contributed by atoms with van der Waals surface area (Å²) in [6.07, 6.45) is 1.93. The molecule has 176 valence electrons. The number of benzene rings is 2. The van der Waals surface area contributed by atoms with Gasteiger partial charge in [0.05, 0.1) is 44.5 Å². The lowest BCUT2D eigenvalue weighted by Gasteiger charge is -2.15. The Kier molecular flexibility index (Phi) is 9.91. The number of nitrogens with one attached hydrogen (secondary N) is 1. The number of ether oxygens (including phenoxy) is 4. The number of hydrogen-bond acceptors (Lipinski definition) is 7. The van der Waals surface area contributed by atoms with Crippen molar-refractivity contribution in [2.45, 2.75) is 23.8 Å². The third-order valence-electron chi connectivity index (χ3n) is 5.03. The van der Waals surface area contributed by atoms with Gasteiger partial charge in [0.25, 0.3) is 0 Å². The van der Waals surface area contributed by atoms with Crippen molar-refractivity contribution in [3.63, 3.8) is 0 Å². The highest BCUT2D eigenvalue weighted by Crippen LogP contribution is 2.34. The summed E-state index contributed by atoms with van der Waals surface area (Å²) in [7, 11) is -3.61. The van der Waals surface area contributed by atoms with Crippen LogP contribution in [0.25, 0.3) is 0 Å². The summed E-state index contributed by atoms with van der Waals surface area (Å²) in [5.74, 6) is 0.655. The molecule has 0 aliphatic heterocycles. The van der Waals surface area contributed by atoms with Crippen LogP contribution in [0, 0.1) is 0 Å². The molecule has 0 bridgehead atoms. The summed E-state index contributed by atoms with van der Waals surface area (Å²) in [4.78, 5) is 0.192. The first kappa shape index (κ1) is 24.6. The van der Waals surface area contributed by atoms with Crippen LogP contribution in [0.1, 0.15) is 23.7 Å². The molecule has 2 aromatic rings. The maximum absolute atomic E-state index is 12.5. The molecule has 0 aromatic heterocycles. The summed E-state index contributed by atoms with van der Waals surface area (Å²) >= 11 is 0. The summed E-state index contributed by atoms with van der Waals surface area (Å²) in [5.41, 5.74) is 7.83. The normalized spacial score (nSPS) is 15.6. The Labute approximate surface area is 190 Å². The van der Waals surface area contributed by atoms with Crippen LogP contribution in [0.2, 0.25) is 0 Å². The highest BCUT2D eigenvalue weighted by molar-refractivity contribution is 7.89. The smallest absolute Gasteiger partial charge is 0.240 e. The van der Waals surface area contributed by atoms with E-state index in [4.69, 9.17) is 24.7 Å². The molecule has 0 radical (unpaired) electrons. The van der Waals surface area contributed by atoms with E-state index in [0.29, 0.717) is 45.3 Å². The first-order valence-electron chi connectivity index (χ1n) is 10.9. The maximum atomic E-state index is 12.5. The SMILES string of the molecule is NCCOCCOCCOCCNS(=O)(=O)c1ccc(OC2CCc3ccccc32)cc1. The molecular weight excluding hydrogens is 432 g/mol. The van der Waals surface area contributed by atoms with E-state index >= 15 is 0 Å². The molecule has 0 saturated carbocycles. The van der Waals surface area contributed by atoms with Crippen LogP contribution in [0.3, 0.4) is 0 Å². The Morgan fingerprint density at radius 3 is 2.25 bits per heavy atom. The van der Waals surface area contributed by atoms with Gasteiger partial charge in [0.1, 0.15) is 11.9 Å². The van der Waals surface area contributed by atoms with Crippen LogP contribution < -0.4 is 15.2 Å². The van der Waals surface area contributed by atoms with E-state index in [1.165, 1.54) is 11.1 Å². The molecular formula is C23H32N2O6S. The molecule has 1 aliphatic carbocycles. The predicted octanol–water partition coefficient (Wildman–Crippen LogP) is 2.04. The zero-order chi connectivity index (χ0) is 22.7. The summed E-state index contributed by atoms with van der Waals surface area (Å²) in [6, 6.07) is 14.8. The van der Waals surface area contributed by atoms with Crippen molar-refractivity contribution in [2.24, 2.45) is 5.73 Å². The van der Waals surface area contributed by atoms with Gasteiger partial charge in [-0.2, -0.15) is 0 Å². The van der Waals surface area contributed by atoms with Gasteiger partial charge in [0.2, 0.25) is 10.0 Å². The zero-order valence-electron chi connectivity index (χ0n) is 18.2. The number of nitrogens with two attached hydrogens (primary N) is 1. The minimum Gasteiger partial charge on any atom is -0.486 e. The van der Waals surface area contributed by atoms with Crippen LogP contribution in [-0.4, -0.2) is 61.1 Å². The fraction of sp³-hybridized carbons (Fsp3) is 0.478. The molecule has 2 aromatic carbocycles. The van der Waals surface area contributed by atoms with E-state index in [2.05, 4.69) is 16.9 Å². The molecule has 1 unspecified atom stereocenters. The minimum atomic E-state index is -3.61. The average molecular weight is 465 g/mol. The topological polar surface area (TPSA) is 109 Å². The van der Waals surface area contributed by atoms with Crippen molar-refractivity contribution < 1.29 is 27.4 Å². The summed E-state index contributed by atoms with van der Waals surface area (Å²) in [5, 5.41) is 0. The van der Waals surface area contributed by atoms with Gasteiger partial charge >= 0.3 is 0 Å². The standard InChI is InChI=1S/C23H32N2O6S/c24-11-13-28-15-17-30-18-16-29-14-12-25-32(26,27)21-8-6-20(7-9-21)31-23-10-5-19-3-1-2-4-22(19)23/h1-4,6-9,23,25H,5,10-18,24H2. The molecule has 1 atom stereocenters. The molecule has 8 nitrogen and oxygen atoms in total. The van der Waals surface area contributed by atoms with Crippen LogP contribution >= 0.6 is 0 Å². The van der Waals surface area contributed by atoms with E-state index in [9.17, 15) is 8.42 Å².